The minimum absolute atomic E-state index is 0.0529. The minimum atomic E-state index is -1.20. The summed E-state index contributed by atoms with van der Waals surface area (Å²) in [6.07, 6.45) is 3.94. The van der Waals surface area contributed by atoms with Gasteiger partial charge in [-0.05, 0) is 25.5 Å². The third kappa shape index (κ3) is 4.01. The van der Waals surface area contributed by atoms with Crippen LogP contribution in [0.5, 0.6) is 0 Å². The number of carbonyl (C=O) groups is 1. The topological polar surface area (TPSA) is 107 Å². The van der Waals surface area contributed by atoms with Gasteiger partial charge in [-0.25, -0.2) is 4.79 Å². The van der Waals surface area contributed by atoms with Crippen LogP contribution in [0, 0.1) is 22.7 Å². The van der Waals surface area contributed by atoms with Crippen molar-refractivity contribution in [1.82, 2.24) is 4.57 Å². The molecule has 0 aliphatic heterocycles. The summed E-state index contributed by atoms with van der Waals surface area (Å²) in [7, 11) is 0. The predicted molar refractivity (Wildman–Crippen MR) is 90.1 cm³/mol. The number of carboxylic acids is 1. The molecule has 1 rings (SSSR count). The van der Waals surface area contributed by atoms with Gasteiger partial charge in [0.05, 0.1) is 11.6 Å². The van der Waals surface area contributed by atoms with E-state index >= 15 is 0 Å². The Kier molecular flexibility index (Phi) is 6.29. The highest BCUT2D eigenvalue weighted by molar-refractivity contribution is 6.31. The van der Waals surface area contributed by atoms with E-state index in [1.807, 2.05) is 12.1 Å². The fourth-order valence-corrected chi connectivity index (χ4v) is 2.04. The highest BCUT2D eigenvalue weighted by Gasteiger charge is 2.18. The fourth-order valence-electron chi connectivity index (χ4n) is 1.93. The van der Waals surface area contributed by atoms with Gasteiger partial charge in [0, 0.05) is 28.4 Å². The highest BCUT2D eigenvalue weighted by atomic mass is 35.5. The molecule has 6 nitrogen and oxygen atoms in total. The van der Waals surface area contributed by atoms with Gasteiger partial charge >= 0.3 is 5.97 Å². The highest BCUT2D eigenvalue weighted by Crippen LogP contribution is 2.25. The van der Waals surface area contributed by atoms with E-state index in [-0.39, 0.29) is 21.7 Å². The molecule has 0 amide bonds. The zero-order valence-corrected chi connectivity index (χ0v) is 13.8. The van der Waals surface area contributed by atoms with E-state index in [1.54, 1.807) is 0 Å². The molecule has 0 saturated heterocycles. The average molecular weight is 344 g/mol. The van der Waals surface area contributed by atoms with Crippen LogP contribution in [0.4, 0.5) is 0 Å². The van der Waals surface area contributed by atoms with Gasteiger partial charge in [-0.1, -0.05) is 24.3 Å². The molecular formula is C17H14ClN3O3. The SMILES string of the molecule is C=C/C(Cl)=C\C(=C(/C)C#N)c1cc(=O)n(C(C)C(=O)O)cc1C#N. The van der Waals surface area contributed by atoms with Gasteiger partial charge in [0.2, 0.25) is 0 Å². The van der Waals surface area contributed by atoms with Crippen molar-refractivity contribution in [3.63, 3.8) is 0 Å². The number of aliphatic carboxylic acids is 1. The van der Waals surface area contributed by atoms with Crippen molar-refractivity contribution in [2.75, 3.05) is 0 Å². The van der Waals surface area contributed by atoms with Crippen LogP contribution in [0.15, 0.2) is 46.4 Å². The molecule has 0 aromatic carbocycles. The summed E-state index contributed by atoms with van der Waals surface area (Å²) in [6.45, 7) is 6.36. The van der Waals surface area contributed by atoms with Crippen LogP contribution in [0.2, 0.25) is 0 Å². The van der Waals surface area contributed by atoms with Crippen LogP contribution < -0.4 is 5.56 Å². The van der Waals surface area contributed by atoms with Gasteiger partial charge in [0.25, 0.3) is 5.56 Å². The number of nitriles is 2. The van der Waals surface area contributed by atoms with E-state index < -0.39 is 17.6 Å². The molecule has 0 aliphatic carbocycles. The summed E-state index contributed by atoms with van der Waals surface area (Å²) < 4.78 is 0.947. The lowest BCUT2D eigenvalue weighted by molar-refractivity contribution is -0.140. The molecule has 0 aliphatic rings. The third-order valence-electron chi connectivity index (χ3n) is 3.31. The summed E-state index contributed by atoms with van der Waals surface area (Å²) >= 11 is 5.93. The summed E-state index contributed by atoms with van der Waals surface area (Å²) in [5, 5.41) is 27.8. The third-order valence-corrected chi connectivity index (χ3v) is 3.58. The first-order valence-corrected chi connectivity index (χ1v) is 7.14. The van der Waals surface area contributed by atoms with E-state index in [2.05, 4.69) is 6.58 Å². The molecule has 0 radical (unpaired) electrons. The quantitative estimate of drug-likeness (QED) is 0.653. The number of halogens is 1. The average Bonchev–Trinajstić information content (AvgIpc) is 2.57. The number of rotatable bonds is 5. The molecule has 24 heavy (non-hydrogen) atoms. The van der Waals surface area contributed by atoms with Crippen molar-refractivity contribution in [2.45, 2.75) is 19.9 Å². The van der Waals surface area contributed by atoms with Crippen molar-refractivity contribution >= 4 is 23.1 Å². The number of nitrogens with zero attached hydrogens (tertiary/aromatic N) is 3. The molecule has 0 spiro atoms. The Morgan fingerprint density at radius 3 is 2.58 bits per heavy atom. The maximum Gasteiger partial charge on any atom is 0.326 e. The smallest absolute Gasteiger partial charge is 0.326 e. The Morgan fingerprint density at radius 2 is 2.12 bits per heavy atom. The van der Waals surface area contributed by atoms with Crippen LogP contribution >= 0.6 is 11.6 Å². The van der Waals surface area contributed by atoms with E-state index in [9.17, 15) is 14.9 Å². The Bertz CT molecular complexity index is 895. The van der Waals surface area contributed by atoms with Gasteiger partial charge < -0.3 is 9.67 Å². The lowest BCUT2D eigenvalue weighted by Gasteiger charge is -2.14. The van der Waals surface area contributed by atoms with Gasteiger partial charge in [0.15, 0.2) is 0 Å². The number of pyridine rings is 1. The van der Waals surface area contributed by atoms with Crippen LogP contribution in [-0.2, 0) is 4.79 Å². The maximum absolute atomic E-state index is 12.2. The Morgan fingerprint density at radius 1 is 1.50 bits per heavy atom. The lowest BCUT2D eigenvalue weighted by Crippen LogP contribution is -2.28. The number of carboxylic acid groups (broad SMARTS) is 1. The molecule has 1 unspecified atom stereocenters. The van der Waals surface area contributed by atoms with Crippen molar-refractivity contribution in [3.05, 3.63) is 63.1 Å². The standard InChI is InChI=1S/C17H14ClN3O3/c1-4-13(18)5-14(10(2)7-19)15-6-16(22)21(9-12(15)8-20)11(3)17(23)24/h4-6,9,11H,1H2,2-3H3,(H,23,24)/b13-5+,14-10-. The van der Waals surface area contributed by atoms with Crippen molar-refractivity contribution in [1.29, 1.82) is 10.5 Å². The van der Waals surface area contributed by atoms with Crippen molar-refractivity contribution in [3.8, 4) is 12.1 Å². The van der Waals surface area contributed by atoms with Crippen LogP contribution in [0.3, 0.4) is 0 Å². The normalized spacial score (nSPS) is 13.3. The van der Waals surface area contributed by atoms with Gasteiger partial charge in [-0.15, -0.1) is 0 Å². The molecule has 1 aromatic rings. The first-order valence-electron chi connectivity index (χ1n) is 6.76. The maximum atomic E-state index is 12.2. The largest absolute Gasteiger partial charge is 0.480 e. The molecule has 1 heterocycles. The molecular weight excluding hydrogens is 330 g/mol. The summed E-state index contributed by atoms with van der Waals surface area (Å²) in [5.41, 5.74) is 0.193. The molecule has 1 atom stereocenters. The number of hydrogen-bond donors (Lipinski definition) is 1. The van der Waals surface area contributed by atoms with E-state index in [0.717, 1.165) is 16.8 Å². The second kappa shape index (κ2) is 7.96. The molecule has 0 bridgehead atoms. The minimum Gasteiger partial charge on any atom is -0.480 e. The molecule has 0 saturated carbocycles. The second-order valence-corrected chi connectivity index (χ2v) is 5.29. The number of allylic oxidation sites excluding steroid dienone is 5. The number of hydrogen-bond acceptors (Lipinski definition) is 4. The van der Waals surface area contributed by atoms with Gasteiger partial charge in [-0.2, -0.15) is 10.5 Å². The molecule has 7 heteroatoms. The van der Waals surface area contributed by atoms with Crippen molar-refractivity contribution < 1.29 is 9.90 Å². The summed E-state index contributed by atoms with van der Waals surface area (Å²) in [6, 6.07) is 3.86. The summed E-state index contributed by atoms with van der Waals surface area (Å²) in [4.78, 5) is 23.3. The molecule has 0 fully saturated rings. The zero-order chi connectivity index (χ0) is 18.4. The lowest BCUT2D eigenvalue weighted by atomic mass is 9.97. The van der Waals surface area contributed by atoms with E-state index in [1.165, 1.54) is 26.0 Å². The van der Waals surface area contributed by atoms with Crippen LogP contribution in [0.1, 0.15) is 31.0 Å². The Hall–Kier alpha value is -3.09. The van der Waals surface area contributed by atoms with Crippen molar-refractivity contribution in [2.24, 2.45) is 0 Å². The van der Waals surface area contributed by atoms with Gasteiger partial charge in [0.1, 0.15) is 12.1 Å². The predicted octanol–water partition coefficient (Wildman–Crippen LogP) is 2.97. The Balaban J connectivity index is 3.77. The molecule has 1 N–H and O–H groups in total. The van der Waals surface area contributed by atoms with Crippen LogP contribution in [0.25, 0.3) is 5.57 Å². The molecule has 122 valence electrons. The molecule has 1 aromatic heterocycles. The Labute approximate surface area is 143 Å². The van der Waals surface area contributed by atoms with Crippen LogP contribution in [-0.4, -0.2) is 15.6 Å². The number of aromatic nitrogens is 1. The first kappa shape index (κ1) is 19.0. The zero-order valence-electron chi connectivity index (χ0n) is 13.1. The second-order valence-electron chi connectivity index (χ2n) is 4.86. The summed E-state index contributed by atoms with van der Waals surface area (Å²) in [5.74, 6) is -1.20. The van der Waals surface area contributed by atoms with E-state index in [4.69, 9.17) is 22.0 Å². The first-order chi connectivity index (χ1) is 11.3. The monoisotopic (exact) mass is 343 g/mol. The fraction of sp³-hybridized carbons (Fsp3) is 0.176. The van der Waals surface area contributed by atoms with Gasteiger partial charge in [-0.3, -0.25) is 4.79 Å². The van der Waals surface area contributed by atoms with E-state index in [0.29, 0.717) is 5.57 Å².